The van der Waals surface area contributed by atoms with Crippen LogP contribution in [-0.4, -0.2) is 37.6 Å². The highest BCUT2D eigenvalue weighted by Gasteiger charge is 2.09. The van der Waals surface area contributed by atoms with Gasteiger partial charge in [0.1, 0.15) is 18.1 Å². The monoisotopic (exact) mass is 319 g/mol. The molecule has 0 N–H and O–H groups in total. The van der Waals surface area contributed by atoms with Crippen molar-refractivity contribution in [1.29, 1.82) is 0 Å². The van der Waals surface area contributed by atoms with Crippen LogP contribution in [0.4, 0.5) is 0 Å². The van der Waals surface area contributed by atoms with E-state index in [0.29, 0.717) is 29.7 Å². The number of nitrogens with zero attached hydrogens (tertiary/aromatic N) is 1. The van der Waals surface area contributed by atoms with E-state index in [1.807, 2.05) is 42.5 Å². The van der Waals surface area contributed by atoms with E-state index in [-0.39, 0.29) is 12.5 Å². The molecule has 4 nitrogen and oxygen atoms in total. The van der Waals surface area contributed by atoms with E-state index in [1.165, 1.54) is 0 Å². The maximum absolute atomic E-state index is 11.9. The van der Waals surface area contributed by atoms with Gasteiger partial charge in [-0.2, -0.15) is 0 Å². The lowest BCUT2D eigenvalue weighted by atomic mass is 10.3. The number of hydrogen-bond acceptors (Lipinski definition) is 3. The first kappa shape index (κ1) is 16.2. The van der Waals surface area contributed by atoms with Crippen LogP contribution < -0.4 is 9.47 Å². The number of carbonyl (C=O) groups excluding carboxylic acids is 1. The van der Waals surface area contributed by atoms with E-state index in [4.69, 9.17) is 21.1 Å². The average molecular weight is 320 g/mol. The molecule has 0 heterocycles. The molecule has 0 unspecified atom stereocenters. The number of carbonyl (C=O) groups is 1. The van der Waals surface area contributed by atoms with E-state index in [2.05, 4.69) is 0 Å². The lowest BCUT2D eigenvalue weighted by molar-refractivity contribution is -0.132. The first-order valence-corrected chi connectivity index (χ1v) is 7.33. The molecule has 0 saturated heterocycles. The highest BCUT2D eigenvalue weighted by Crippen LogP contribution is 2.16. The van der Waals surface area contributed by atoms with Gasteiger partial charge in [-0.15, -0.1) is 0 Å². The van der Waals surface area contributed by atoms with E-state index >= 15 is 0 Å². The number of amides is 1. The summed E-state index contributed by atoms with van der Waals surface area (Å²) in [5.41, 5.74) is 0. The van der Waals surface area contributed by atoms with E-state index in [1.54, 1.807) is 24.1 Å². The Bertz CT molecular complexity index is 604. The van der Waals surface area contributed by atoms with Crippen LogP contribution in [0, 0.1) is 0 Å². The van der Waals surface area contributed by atoms with Crippen LogP contribution in [0.25, 0.3) is 0 Å². The number of halogens is 1. The van der Waals surface area contributed by atoms with Crippen LogP contribution in [0.1, 0.15) is 0 Å². The molecule has 0 spiro atoms. The van der Waals surface area contributed by atoms with Crippen molar-refractivity contribution >= 4 is 17.5 Å². The van der Waals surface area contributed by atoms with E-state index in [9.17, 15) is 4.79 Å². The number of para-hydroxylation sites is 1. The Hall–Kier alpha value is -2.20. The molecule has 0 aromatic heterocycles. The fraction of sp³-hybridized carbons (Fsp3) is 0.235. The van der Waals surface area contributed by atoms with Gasteiger partial charge >= 0.3 is 0 Å². The third kappa shape index (κ3) is 5.30. The minimum Gasteiger partial charge on any atom is -0.492 e. The van der Waals surface area contributed by atoms with Gasteiger partial charge in [0.05, 0.1) is 6.54 Å². The number of benzene rings is 2. The van der Waals surface area contributed by atoms with Crippen LogP contribution in [-0.2, 0) is 4.79 Å². The molecule has 0 aliphatic carbocycles. The molecule has 0 atom stereocenters. The van der Waals surface area contributed by atoms with Crippen molar-refractivity contribution in [2.45, 2.75) is 0 Å². The molecule has 2 rings (SSSR count). The standard InChI is InChI=1S/C17H18ClNO3/c1-19(10-11-21-16-9-5-6-14(18)12-16)17(20)13-22-15-7-3-2-4-8-15/h2-9,12H,10-11,13H2,1H3. The predicted octanol–water partition coefficient (Wildman–Crippen LogP) is 3.26. The molecule has 0 bridgehead atoms. The maximum atomic E-state index is 11.9. The van der Waals surface area contributed by atoms with Gasteiger partial charge in [-0.1, -0.05) is 35.9 Å². The zero-order chi connectivity index (χ0) is 15.8. The van der Waals surface area contributed by atoms with E-state index < -0.39 is 0 Å². The molecular formula is C17H18ClNO3. The largest absolute Gasteiger partial charge is 0.492 e. The summed E-state index contributed by atoms with van der Waals surface area (Å²) in [6, 6.07) is 16.4. The first-order chi connectivity index (χ1) is 10.6. The molecule has 0 radical (unpaired) electrons. The fourth-order valence-electron chi connectivity index (χ4n) is 1.75. The second kappa shape index (κ2) is 8.29. The Morgan fingerprint density at radius 1 is 1.05 bits per heavy atom. The minimum atomic E-state index is -0.0986. The highest BCUT2D eigenvalue weighted by molar-refractivity contribution is 6.30. The fourth-order valence-corrected chi connectivity index (χ4v) is 1.93. The van der Waals surface area contributed by atoms with Crippen molar-refractivity contribution < 1.29 is 14.3 Å². The predicted molar refractivity (Wildman–Crippen MR) is 86.5 cm³/mol. The van der Waals surface area contributed by atoms with Gasteiger partial charge in [0.15, 0.2) is 6.61 Å². The zero-order valence-electron chi connectivity index (χ0n) is 12.4. The molecule has 1 amide bonds. The second-order valence-electron chi connectivity index (χ2n) is 4.72. The van der Waals surface area contributed by atoms with Crippen LogP contribution in [0.2, 0.25) is 5.02 Å². The normalized spacial score (nSPS) is 10.1. The Kier molecular flexibility index (Phi) is 6.10. The second-order valence-corrected chi connectivity index (χ2v) is 5.16. The average Bonchev–Trinajstić information content (AvgIpc) is 2.53. The Morgan fingerprint density at radius 2 is 1.77 bits per heavy atom. The lowest BCUT2D eigenvalue weighted by Gasteiger charge is -2.17. The van der Waals surface area contributed by atoms with Crippen LogP contribution in [0.5, 0.6) is 11.5 Å². The molecule has 22 heavy (non-hydrogen) atoms. The van der Waals surface area contributed by atoms with Gasteiger partial charge < -0.3 is 14.4 Å². The smallest absolute Gasteiger partial charge is 0.260 e. The third-order valence-electron chi connectivity index (χ3n) is 3.02. The summed E-state index contributed by atoms with van der Waals surface area (Å²) in [7, 11) is 1.72. The topological polar surface area (TPSA) is 38.8 Å². The van der Waals surface area contributed by atoms with Crippen molar-refractivity contribution in [3.8, 4) is 11.5 Å². The minimum absolute atomic E-state index is 0.0116. The number of ether oxygens (including phenoxy) is 2. The van der Waals surface area contributed by atoms with Gasteiger partial charge in [-0.3, -0.25) is 4.79 Å². The van der Waals surface area contributed by atoms with Crippen LogP contribution in [0.3, 0.4) is 0 Å². The van der Waals surface area contributed by atoms with Crippen molar-refractivity contribution in [2.24, 2.45) is 0 Å². The van der Waals surface area contributed by atoms with Crippen LogP contribution in [0.15, 0.2) is 54.6 Å². The number of hydrogen-bond donors (Lipinski definition) is 0. The van der Waals surface area contributed by atoms with Crippen molar-refractivity contribution in [3.63, 3.8) is 0 Å². The summed E-state index contributed by atoms with van der Waals surface area (Å²) >= 11 is 5.88. The maximum Gasteiger partial charge on any atom is 0.260 e. The molecular weight excluding hydrogens is 302 g/mol. The summed E-state index contributed by atoms with van der Waals surface area (Å²) in [5, 5.41) is 0.623. The lowest BCUT2D eigenvalue weighted by Crippen LogP contribution is -2.34. The highest BCUT2D eigenvalue weighted by atomic mass is 35.5. The molecule has 2 aromatic rings. The molecule has 0 saturated carbocycles. The zero-order valence-corrected chi connectivity index (χ0v) is 13.1. The Labute approximate surface area is 135 Å². The summed E-state index contributed by atoms with van der Waals surface area (Å²) in [4.78, 5) is 13.5. The van der Waals surface area contributed by atoms with E-state index in [0.717, 1.165) is 0 Å². The first-order valence-electron chi connectivity index (χ1n) is 6.95. The summed E-state index contributed by atoms with van der Waals surface area (Å²) in [6.45, 7) is 0.884. The molecule has 0 aliphatic rings. The summed E-state index contributed by atoms with van der Waals surface area (Å²) in [5.74, 6) is 1.27. The van der Waals surface area contributed by atoms with Crippen molar-refractivity contribution in [2.75, 3.05) is 26.8 Å². The van der Waals surface area contributed by atoms with Gasteiger partial charge in [0.25, 0.3) is 5.91 Å². The van der Waals surface area contributed by atoms with Crippen molar-refractivity contribution in [1.82, 2.24) is 4.90 Å². The Balaban J connectivity index is 1.70. The molecule has 2 aromatic carbocycles. The molecule has 5 heteroatoms. The molecule has 0 aliphatic heterocycles. The van der Waals surface area contributed by atoms with Gasteiger partial charge in [0, 0.05) is 12.1 Å². The molecule has 0 fully saturated rings. The van der Waals surface area contributed by atoms with Gasteiger partial charge in [0.2, 0.25) is 0 Å². The Morgan fingerprint density at radius 3 is 2.50 bits per heavy atom. The quantitative estimate of drug-likeness (QED) is 0.786. The van der Waals surface area contributed by atoms with Crippen LogP contribution >= 0.6 is 11.6 Å². The SMILES string of the molecule is CN(CCOc1cccc(Cl)c1)C(=O)COc1ccccc1. The number of rotatable bonds is 7. The number of likely N-dealkylation sites (N-methyl/N-ethyl adjacent to an activating group) is 1. The summed E-state index contributed by atoms with van der Waals surface area (Å²) in [6.07, 6.45) is 0. The third-order valence-corrected chi connectivity index (χ3v) is 3.26. The van der Waals surface area contributed by atoms with Gasteiger partial charge in [-0.05, 0) is 30.3 Å². The van der Waals surface area contributed by atoms with Crippen molar-refractivity contribution in [3.05, 3.63) is 59.6 Å². The summed E-state index contributed by atoms with van der Waals surface area (Å²) < 4.78 is 11.0. The van der Waals surface area contributed by atoms with Gasteiger partial charge in [-0.25, -0.2) is 0 Å². The molecule has 116 valence electrons.